The summed E-state index contributed by atoms with van der Waals surface area (Å²) >= 11 is 0. The van der Waals surface area contributed by atoms with E-state index in [1.807, 2.05) is 48.5 Å². The fourth-order valence-electron chi connectivity index (χ4n) is 10.1. The summed E-state index contributed by atoms with van der Waals surface area (Å²) in [6, 6.07) is 80.5. The van der Waals surface area contributed by atoms with Gasteiger partial charge in [0.25, 0.3) is 0 Å². The SMILES string of the molecule is c1ccc(-c2ccc(-c3nc(-c4ccccc4)nc(-c4ccc5c(c4)oc4cc(-c6cc7oc8ccccc8c7cc6-n6c7ccccc7c7cc(-c8ccccc8)ccc76)ccc45)n3)cc2)cc1. The van der Waals surface area contributed by atoms with Crippen LogP contribution in [0.2, 0.25) is 0 Å². The van der Waals surface area contributed by atoms with E-state index in [0.717, 1.165) is 99.5 Å². The second kappa shape index (κ2) is 15.6. The molecule has 6 nitrogen and oxygen atoms in total. The lowest BCUT2D eigenvalue weighted by atomic mass is 9.99. The molecule has 0 saturated heterocycles. The lowest BCUT2D eigenvalue weighted by molar-refractivity contribution is 0.668. The molecule has 6 heteroatoms. The van der Waals surface area contributed by atoms with Gasteiger partial charge in [-0.3, -0.25) is 0 Å². The summed E-state index contributed by atoms with van der Waals surface area (Å²) in [4.78, 5) is 15.1. The van der Waals surface area contributed by atoms with Gasteiger partial charge in [-0.05, 0) is 88.5 Å². The van der Waals surface area contributed by atoms with Gasteiger partial charge in [0.15, 0.2) is 17.5 Å². The van der Waals surface area contributed by atoms with E-state index in [9.17, 15) is 0 Å². The molecule has 0 aliphatic carbocycles. The van der Waals surface area contributed by atoms with E-state index in [4.69, 9.17) is 23.8 Å². The minimum Gasteiger partial charge on any atom is -0.456 e. The Labute approximate surface area is 396 Å². The molecule has 69 heavy (non-hydrogen) atoms. The Morgan fingerprint density at radius 1 is 0.261 bits per heavy atom. The Hall–Kier alpha value is -9.39. The minimum atomic E-state index is 0.569. The highest BCUT2D eigenvalue weighted by Crippen LogP contribution is 2.43. The standard InChI is InChI=1S/C63H38N4O2/c1-4-14-39(15-5-1)41-24-26-43(27-25-41)62-64-61(42-18-8-3-9-19-42)65-63(66-62)46-29-32-50-49-31-28-45(35-58(49)69-59(50)36-46)51-38-60-53(48-21-11-13-23-57(48)68-60)37-56(51)67-54-22-12-10-20-47(54)52-34-44(30-33-55(52)67)40-16-6-2-7-17-40/h1-38H. The first-order valence-corrected chi connectivity index (χ1v) is 23.2. The third-order valence-corrected chi connectivity index (χ3v) is 13.5. The first kappa shape index (κ1) is 38.8. The maximum atomic E-state index is 6.82. The first-order valence-electron chi connectivity index (χ1n) is 23.2. The molecule has 0 aliphatic rings. The van der Waals surface area contributed by atoms with Crippen LogP contribution in [0.5, 0.6) is 0 Å². The molecule has 4 heterocycles. The average molecular weight is 883 g/mol. The number of furan rings is 2. The number of para-hydroxylation sites is 2. The van der Waals surface area contributed by atoms with Gasteiger partial charge in [-0.1, -0.05) is 170 Å². The van der Waals surface area contributed by atoms with Crippen LogP contribution in [0.3, 0.4) is 0 Å². The number of benzene rings is 10. The molecule has 4 aromatic heterocycles. The van der Waals surface area contributed by atoms with Crippen molar-refractivity contribution in [2.75, 3.05) is 0 Å². The maximum absolute atomic E-state index is 6.82. The summed E-state index contributed by atoms with van der Waals surface area (Å²) in [5.41, 5.74) is 15.9. The first-order chi connectivity index (χ1) is 34.2. The summed E-state index contributed by atoms with van der Waals surface area (Å²) in [5, 5.41) is 6.57. The molecular formula is C63H38N4O2. The second-order valence-corrected chi connectivity index (χ2v) is 17.6. The lowest BCUT2D eigenvalue weighted by Gasteiger charge is -2.15. The van der Waals surface area contributed by atoms with Gasteiger partial charge in [-0.15, -0.1) is 0 Å². The molecule has 0 amide bonds. The Kier molecular flexibility index (Phi) is 8.79. The van der Waals surface area contributed by atoms with Crippen LogP contribution in [0.4, 0.5) is 0 Å². The molecule has 0 atom stereocenters. The normalized spacial score (nSPS) is 11.8. The second-order valence-electron chi connectivity index (χ2n) is 17.6. The van der Waals surface area contributed by atoms with E-state index < -0.39 is 0 Å². The van der Waals surface area contributed by atoms with Crippen molar-refractivity contribution >= 4 is 65.7 Å². The largest absolute Gasteiger partial charge is 0.456 e. The van der Waals surface area contributed by atoms with Gasteiger partial charge >= 0.3 is 0 Å². The molecule has 14 rings (SSSR count). The smallest absolute Gasteiger partial charge is 0.164 e. The van der Waals surface area contributed by atoms with Gasteiger partial charge in [0.2, 0.25) is 0 Å². The molecule has 322 valence electrons. The Morgan fingerprint density at radius 3 is 1.42 bits per heavy atom. The average Bonchev–Trinajstić information content (AvgIpc) is 4.09. The summed E-state index contributed by atoms with van der Waals surface area (Å²) in [7, 11) is 0. The van der Waals surface area contributed by atoms with Crippen molar-refractivity contribution < 1.29 is 8.83 Å². The van der Waals surface area contributed by atoms with Gasteiger partial charge in [-0.2, -0.15) is 0 Å². The Bertz CT molecular complexity index is 4290. The summed E-state index contributed by atoms with van der Waals surface area (Å²) in [6.07, 6.45) is 0. The van der Waals surface area contributed by atoms with Gasteiger partial charge < -0.3 is 13.4 Å². The number of hydrogen-bond acceptors (Lipinski definition) is 5. The zero-order valence-electron chi connectivity index (χ0n) is 37.0. The summed E-state index contributed by atoms with van der Waals surface area (Å²) in [5.74, 6) is 1.78. The van der Waals surface area contributed by atoms with Crippen LogP contribution < -0.4 is 0 Å². The molecular weight excluding hydrogens is 845 g/mol. The molecule has 0 fully saturated rings. The Balaban J connectivity index is 0.914. The third-order valence-electron chi connectivity index (χ3n) is 13.5. The van der Waals surface area contributed by atoms with Crippen LogP contribution in [0.1, 0.15) is 0 Å². The van der Waals surface area contributed by atoms with E-state index in [2.05, 4.69) is 187 Å². The number of nitrogens with zero attached hydrogens (tertiary/aromatic N) is 4. The molecule has 0 N–H and O–H groups in total. The zero-order valence-corrected chi connectivity index (χ0v) is 37.0. The molecule has 0 radical (unpaired) electrons. The van der Waals surface area contributed by atoms with Crippen molar-refractivity contribution in [3.05, 3.63) is 231 Å². The van der Waals surface area contributed by atoms with E-state index in [0.29, 0.717) is 17.5 Å². The highest BCUT2D eigenvalue weighted by Gasteiger charge is 2.21. The molecule has 10 aromatic carbocycles. The molecule has 0 aliphatic heterocycles. The van der Waals surface area contributed by atoms with E-state index in [1.165, 1.54) is 21.9 Å². The quantitative estimate of drug-likeness (QED) is 0.159. The van der Waals surface area contributed by atoms with Crippen LogP contribution in [0.25, 0.3) is 139 Å². The summed E-state index contributed by atoms with van der Waals surface area (Å²) in [6.45, 7) is 0. The monoisotopic (exact) mass is 882 g/mol. The molecule has 0 spiro atoms. The predicted octanol–water partition coefficient (Wildman–Crippen LogP) is 16.8. The highest BCUT2D eigenvalue weighted by atomic mass is 16.3. The van der Waals surface area contributed by atoms with Gasteiger partial charge in [0.1, 0.15) is 22.3 Å². The summed E-state index contributed by atoms with van der Waals surface area (Å²) < 4.78 is 15.8. The number of rotatable bonds is 7. The number of fused-ring (bicyclic) bond motifs is 9. The van der Waals surface area contributed by atoms with Crippen LogP contribution in [-0.2, 0) is 0 Å². The fourth-order valence-corrected chi connectivity index (χ4v) is 10.1. The van der Waals surface area contributed by atoms with E-state index in [-0.39, 0.29) is 0 Å². The molecule has 0 bridgehead atoms. The molecule has 0 saturated carbocycles. The van der Waals surface area contributed by atoms with Crippen LogP contribution in [0.15, 0.2) is 239 Å². The maximum Gasteiger partial charge on any atom is 0.164 e. The number of hydrogen-bond donors (Lipinski definition) is 0. The van der Waals surface area contributed by atoms with E-state index in [1.54, 1.807) is 0 Å². The molecule has 14 aromatic rings. The van der Waals surface area contributed by atoms with Crippen molar-refractivity contribution in [2.24, 2.45) is 0 Å². The third kappa shape index (κ3) is 6.53. The van der Waals surface area contributed by atoms with Crippen molar-refractivity contribution in [2.45, 2.75) is 0 Å². The fraction of sp³-hybridized carbons (Fsp3) is 0. The predicted molar refractivity (Wildman–Crippen MR) is 281 cm³/mol. The topological polar surface area (TPSA) is 69.9 Å². The van der Waals surface area contributed by atoms with Crippen LogP contribution in [0, 0.1) is 0 Å². The lowest BCUT2D eigenvalue weighted by Crippen LogP contribution is -2.00. The molecule has 0 unspecified atom stereocenters. The van der Waals surface area contributed by atoms with Crippen LogP contribution >= 0.6 is 0 Å². The van der Waals surface area contributed by atoms with Crippen molar-refractivity contribution in [3.8, 4) is 73.2 Å². The van der Waals surface area contributed by atoms with Crippen LogP contribution in [-0.4, -0.2) is 19.5 Å². The number of aromatic nitrogens is 4. The van der Waals surface area contributed by atoms with Crippen molar-refractivity contribution in [3.63, 3.8) is 0 Å². The van der Waals surface area contributed by atoms with E-state index >= 15 is 0 Å². The van der Waals surface area contributed by atoms with Gasteiger partial charge in [-0.25, -0.2) is 15.0 Å². The van der Waals surface area contributed by atoms with Crippen molar-refractivity contribution in [1.29, 1.82) is 0 Å². The van der Waals surface area contributed by atoms with Gasteiger partial charge in [0, 0.05) is 54.6 Å². The highest BCUT2D eigenvalue weighted by molar-refractivity contribution is 6.13. The van der Waals surface area contributed by atoms with Crippen molar-refractivity contribution in [1.82, 2.24) is 19.5 Å². The van der Waals surface area contributed by atoms with Gasteiger partial charge in [0.05, 0.1) is 16.7 Å². The Morgan fingerprint density at radius 2 is 0.710 bits per heavy atom. The minimum absolute atomic E-state index is 0.569. The zero-order chi connectivity index (χ0) is 45.4.